The van der Waals surface area contributed by atoms with Gasteiger partial charge in [0.2, 0.25) is 0 Å². The Bertz CT molecular complexity index is 742. The molecule has 6 nitrogen and oxygen atoms in total. The number of aryl methyl sites for hydroxylation is 1. The van der Waals surface area contributed by atoms with Crippen molar-refractivity contribution in [3.05, 3.63) is 47.3 Å². The molecule has 3 rings (SSSR count). The van der Waals surface area contributed by atoms with Gasteiger partial charge in [-0.1, -0.05) is 36.6 Å². The van der Waals surface area contributed by atoms with Gasteiger partial charge in [-0.25, -0.2) is 0 Å². The van der Waals surface area contributed by atoms with Crippen LogP contribution in [0.3, 0.4) is 0 Å². The van der Waals surface area contributed by atoms with Crippen LogP contribution in [-0.2, 0) is 13.1 Å². The van der Waals surface area contributed by atoms with E-state index >= 15 is 0 Å². The van der Waals surface area contributed by atoms with Crippen LogP contribution >= 0.6 is 0 Å². The van der Waals surface area contributed by atoms with Crippen molar-refractivity contribution in [2.45, 2.75) is 64.3 Å². The maximum Gasteiger partial charge on any atom is 0.133 e. The van der Waals surface area contributed by atoms with Crippen molar-refractivity contribution < 1.29 is 14.4 Å². The zero-order chi connectivity index (χ0) is 20.6. The average molecular weight is 402 g/mol. The highest BCUT2D eigenvalue weighted by Crippen LogP contribution is 2.22. The first-order valence-corrected chi connectivity index (χ1v) is 10.7. The third-order valence-electron chi connectivity index (χ3n) is 5.60. The minimum Gasteiger partial charge on any atom is -0.491 e. The monoisotopic (exact) mass is 401 g/mol. The zero-order valence-electron chi connectivity index (χ0n) is 18.0. The van der Waals surface area contributed by atoms with Gasteiger partial charge in [0.1, 0.15) is 24.2 Å². The van der Waals surface area contributed by atoms with E-state index in [1.54, 1.807) is 0 Å². The van der Waals surface area contributed by atoms with Crippen LogP contribution in [0, 0.1) is 6.92 Å². The van der Waals surface area contributed by atoms with E-state index in [-0.39, 0.29) is 0 Å². The molecule has 6 heteroatoms. The number of hydrogen-bond acceptors (Lipinski definition) is 6. The van der Waals surface area contributed by atoms with Gasteiger partial charge in [-0.2, -0.15) is 0 Å². The molecule has 1 atom stereocenters. The molecule has 1 heterocycles. The summed E-state index contributed by atoms with van der Waals surface area (Å²) in [4.78, 5) is 4.48. The molecular formula is C23H35N3O3. The smallest absolute Gasteiger partial charge is 0.133 e. The Labute approximate surface area is 174 Å². The van der Waals surface area contributed by atoms with Gasteiger partial charge < -0.3 is 19.3 Å². The minimum atomic E-state index is -0.483. The number of aromatic nitrogens is 1. The molecule has 0 spiro atoms. The van der Waals surface area contributed by atoms with Crippen LogP contribution in [0.25, 0.3) is 0 Å². The highest BCUT2D eigenvalue weighted by molar-refractivity contribution is 5.28. The molecule has 1 fully saturated rings. The van der Waals surface area contributed by atoms with Crippen molar-refractivity contribution in [2.24, 2.45) is 0 Å². The summed E-state index contributed by atoms with van der Waals surface area (Å²) in [6.07, 6.45) is 5.96. The van der Waals surface area contributed by atoms with E-state index in [0.29, 0.717) is 19.2 Å². The molecule has 1 aromatic heterocycles. The number of aliphatic hydroxyl groups excluding tert-OH is 1. The van der Waals surface area contributed by atoms with Gasteiger partial charge in [-0.3, -0.25) is 4.90 Å². The van der Waals surface area contributed by atoms with Gasteiger partial charge in [0.05, 0.1) is 5.69 Å². The Morgan fingerprint density at radius 3 is 2.69 bits per heavy atom. The Balaban J connectivity index is 1.43. The molecule has 0 amide bonds. The molecule has 1 saturated carbocycles. The summed E-state index contributed by atoms with van der Waals surface area (Å²) >= 11 is 0. The molecule has 1 aliphatic rings. The van der Waals surface area contributed by atoms with Crippen LogP contribution in [0.15, 0.2) is 34.9 Å². The Kier molecular flexibility index (Phi) is 8.09. The predicted octanol–water partition coefficient (Wildman–Crippen LogP) is 3.62. The third-order valence-corrected chi connectivity index (χ3v) is 5.60. The van der Waals surface area contributed by atoms with Crippen LogP contribution in [-0.4, -0.2) is 59.5 Å². The quantitative estimate of drug-likeness (QED) is 0.656. The SMILES string of the molecule is Cc1cc(CN(C)Cc2cccc(OC[C@H](O)CN(C)C3CCCCC3)c2)no1. The molecule has 0 saturated heterocycles. The zero-order valence-corrected chi connectivity index (χ0v) is 18.0. The standard InChI is InChI=1S/C23H35N3O3/c1-18-12-20(24-29-18)15-25(2)14-19-8-7-11-23(13-19)28-17-22(27)16-26(3)21-9-5-4-6-10-21/h7-8,11-13,21-22,27H,4-6,9-10,14-17H2,1-3H3/t22-/m1/s1. The minimum absolute atomic E-state index is 0.314. The summed E-state index contributed by atoms with van der Waals surface area (Å²) in [6, 6.07) is 10.6. The molecule has 0 unspecified atom stereocenters. The van der Waals surface area contributed by atoms with Crippen molar-refractivity contribution in [1.82, 2.24) is 15.0 Å². The maximum absolute atomic E-state index is 10.4. The van der Waals surface area contributed by atoms with E-state index in [1.807, 2.05) is 31.2 Å². The lowest BCUT2D eigenvalue weighted by Crippen LogP contribution is -2.40. The molecule has 2 aromatic rings. The fourth-order valence-corrected chi connectivity index (χ4v) is 4.12. The first kappa shape index (κ1) is 21.8. The van der Waals surface area contributed by atoms with Crippen molar-refractivity contribution in [3.8, 4) is 5.75 Å². The van der Waals surface area contributed by atoms with E-state index in [0.717, 1.165) is 30.3 Å². The van der Waals surface area contributed by atoms with Gasteiger partial charge in [0, 0.05) is 31.7 Å². The molecule has 1 aliphatic carbocycles. The third kappa shape index (κ3) is 7.14. The highest BCUT2D eigenvalue weighted by Gasteiger charge is 2.20. The van der Waals surface area contributed by atoms with Gasteiger partial charge in [0.15, 0.2) is 0 Å². The van der Waals surface area contributed by atoms with E-state index in [9.17, 15) is 5.11 Å². The van der Waals surface area contributed by atoms with Crippen molar-refractivity contribution >= 4 is 0 Å². The normalized spacial score (nSPS) is 16.5. The first-order chi connectivity index (χ1) is 14.0. The fourth-order valence-electron chi connectivity index (χ4n) is 4.12. The lowest BCUT2D eigenvalue weighted by atomic mass is 9.94. The molecule has 1 N–H and O–H groups in total. The maximum atomic E-state index is 10.4. The average Bonchev–Trinajstić information content (AvgIpc) is 3.11. The predicted molar refractivity (Wildman–Crippen MR) is 114 cm³/mol. The molecule has 29 heavy (non-hydrogen) atoms. The molecule has 1 aromatic carbocycles. The van der Waals surface area contributed by atoms with Crippen LogP contribution in [0.2, 0.25) is 0 Å². The van der Waals surface area contributed by atoms with Crippen LogP contribution in [0.1, 0.15) is 49.1 Å². The van der Waals surface area contributed by atoms with Crippen LogP contribution in [0.4, 0.5) is 0 Å². The lowest BCUT2D eigenvalue weighted by molar-refractivity contribution is 0.0561. The van der Waals surface area contributed by atoms with Gasteiger partial charge in [-0.15, -0.1) is 0 Å². The Morgan fingerprint density at radius 2 is 1.97 bits per heavy atom. The van der Waals surface area contributed by atoms with Crippen LogP contribution < -0.4 is 4.74 Å². The molecule has 160 valence electrons. The summed E-state index contributed by atoms with van der Waals surface area (Å²) in [5.74, 6) is 1.63. The first-order valence-electron chi connectivity index (χ1n) is 10.7. The molecule has 0 radical (unpaired) electrons. The second kappa shape index (κ2) is 10.8. The second-order valence-electron chi connectivity index (χ2n) is 8.44. The number of ether oxygens (including phenoxy) is 1. The number of nitrogens with zero attached hydrogens (tertiary/aromatic N) is 3. The number of aliphatic hydroxyl groups is 1. The van der Waals surface area contributed by atoms with Crippen molar-refractivity contribution in [3.63, 3.8) is 0 Å². The molecule has 0 aliphatic heterocycles. The summed E-state index contributed by atoms with van der Waals surface area (Å²) in [5, 5.41) is 14.4. The van der Waals surface area contributed by atoms with Gasteiger partial charge >= 0.3 is 0 Å². The van der Waals surface area contributed by atoms with E-state index in [2.05, 4.69) is 35.1 Å². The largest absolute Gasteiger partial charge is 0.491 e. The summed E-state index contributed by atoms with van der Waals surface area (Å²) in [6.45, 7) is 4.39. The summed E-state index contributed by atoms with van der Waals surface area (Å²) < 4.78 is 11.0. The van der Waals surface area contributed by atoms with Gasteiger partial charge in [-0.05, 0) is 51.6 Å². The summed E-state index contributed by atoms with van der Waals surface area (Å²) in [5.41, 5.74) is 2.10. The number of hydrogen-bond donors (Lipinski definition) is 1. The number of benzene rings is 1. The molecular weight excluding hydrogens is 366 g/mol. The van der Waals surface area contributed by atoms with Crippen molar-refractivity contribution in [2.75, 3.05) is 27.2 Å². The number of rotatable bonds is 10. The van der Waals surface area contributed by atoms with E-state index < -0.39 is 6.10 Å². The molecule has 0 bridgehead atoms. The van der Waals surface area contributed by atoms with E-state index in [1.165, 1.54) is 37.7 Å². The van der Waals surface area contributed by atoms with E-state index in [4.69, 9.17) is 9.26 Å². The number of likely N-dealkylation sites (N-methyl/N-ethyl adjacent to an activating group) is 1. The highest BCUT2D eigenvalue weighted by atomic mass is 16.5. The Hall–Kier alpha value is -1.89. The fraction of sp³-hybridized carbons (Fsp3) is 0.609. The topological polar surface area (TPSA) is 62.0 Å². The van der Waals surface area contributed by atoms with Crippen molar-refractivity contribution in [1.29, 1.82) is 0 Å². The summed E-state index contributed by atoms with van der Waals surface area (Å²) in [7, 11) is 4.18. The van der Waals surface area contributed by atoms with Crippen LogP contribution in [0.5, 0.6) is 5.75 Å². The second-order valence-corrected chi connectivity index (χ2v) is 8.44. The lowest BCUT2D eigenvalue weighted by Gasteiger charge is -2.32. The van der Waals surface area contributed by atoms with Gasteiger partial charge in [0.25, 0.3) is 0 Å². The Morgan fingerprint density at radius 1 is 1.17 bits per heavy atom.